The summed E-state index contributed by atoms with van der Waals surface area (Å²) in [4.78, 5) is 18.0. The van der Waals surface area contributed by atoms with E-state index in [1.54, 1.807) is 20.2 Å². The van der Waals surface area contributed by atoms with E-state index in [2.05, 4.69) is 10.1 Å². The normalized spacial score (nSPS) is 18.6. The van der Waals surface area contributed by atoms with Crippen molar-refractivity contribution in [2.75, 3.05) is 14.1 Å². The van der Waals surface area contributed by atoms with Gasteiger partial charge in [0.05, 0.1) is 22.4 Å². The highest BCUT2D eigenvalue weighted by Gasteiger charge is 2.34. The molecule has 130 valence electrons. The van der Waals surface area contributed by atoms with Crippen LogP contribution in [0.4, 0.5) is 13.2 Å². The van der Waals surface area contributed by atoms with Gasteiger partial charge in [0.2, 0.25) is 0 Å². The van der Waals surface area contributed by atoms with Gasteiger partial charge >= 0.3 is 6.18 Å². The summed E-state index contributed by atoms with van der Waals surface area (Å²) in [6.45, 7) is 0. The van der Waals surface area contributed by atoms with Gasteiger partial charge in [-0.1, -0.05) is 12.1 Å². The highest BCUT2D eigenvalue weighted by Crippen LogP contribution is 2.34. The summed E-state index contributed by atoms with van der Waals surface area (Å²) in [5, 5.41) is 4.55. The summed E-state index contributed by atoms with van der Waals surface area (Å²) >= 11 is 1.20. The zero-order valence-corrected chi connectivity index (χ0v) is 14.1. The lowest BCUT2D eigenvalue weighted by atomic mass is 10.1. The summed E-state index contributed by atoms with van der Waals surface area (Å²) in [6.07, 6.45) is -0.0312. The topological polar surface area (TPSA) is 50.5 Å². The minimum absolute atomic E-state index is 0.0713. The first-order chi connectivity index (χ1) is 11.8. The first kappa shape index (κ1) is 17.3. The Kier molecular flexibility index (Phi) is 4.42. The van der Waals surface area contributed by atoms with Crippen LogP contribution in [0, 0.1) is 0 Å². The number of carbonyl (C=O) groups excluding carboxylic acids is 1. The number of halogens is 3. The number of amides is 1. The smallest absolute Gasteiger partial charge is 0.290 e. The lowest BCUT2D eigenvalue weighted by Crippen LogP contribution is -2.23. The van der Waals surface area contributed by atoms with Gasteiger partial charge in [-0.05, 0) is 30.0 Å². The number of para-hydroxylation sites is 1. The average molecular weight is 366 g/mol. The number of amidine groups is 1. The molecule has 0 saturated carbocycles. The Bertz CT molecular complexity index is 886. The fourth-order valence-electron chi connectivity index (χ4n) is 2.36. The monoisotopic (exact) mass is 366 g/mol. The first-order valence-corrected chi connectivity index (χ1v) is 7.98. The Balaban J connectivity index is 1.95. The van der Waals surface area contributed by atoms with E-state index >= 15 is 0 Å². The van der Waals surface area contributed by atoms with Gasteiger partial charge in [0, 0.05) is 25.9 Å². The summed E-state index contributed by atoms with van der Waals surface area (Å²) < 4.78 is 40.5. The Hall–Kier alpha value is -2.55. The number of aromatic nitrogens is 2. The van der Waals surface area contributed by atoms with Crippen LogP contribution < -0.4 is 0 Å². The molecule has 1 amide bonds. The van der Waals surface area contributed by atoms with Crippen LogP contribution in [0.2, 0.25) is 0 Å². The number of rotatable bonds is 2. The molecule has 0 N–H and O–H groups in total. The summed E-state index contributed by atoms with van der Waals surface area (Å²) in [5.41, 5.74) is -0.319. The number of likely N-dealkylation sites (N-methyl/N-ethyl adjacent to an activating group) is 1. The molecule has 5 nitrogen and oxygen atoms in total. The highest BCUT2D eigenvalue weighted by atomic mass is 32.2. The Morgan fingerprint density at radius 2 is 2.00 bits per heavy atom. The predicted octanol–water partition coefficient (Wildman–Crippen LogP) is 3.42. The maximum atomic E-state index is 13.1. The van der Waals surface area contributed by atoms with Gasteiger partial charge in [-0.25, -0.2) is 4.68 Å². The maximum Gasteiger partial charge on any atom is 0.418 e. The van der Waals surface area contributed by atoms with Gasteiger partial charge in [0.15, 0.2) is 5.17 Å². The largest absolute Gasteiger partial charge is 0.418 e. The molecule has 1 aliphatic rings. The summed E-state index contributed by atoms with van der Waals surface area (Å²) in [5.74, 6) is -0.214. The Morgan fingerprint density at radius 3 is 2.64 bits per heavy atom. The number of thioether (sulfide) groups is 1. The molecule has 0 radical (unpaired) electrons. The third-order valence-corrected chi connectivity index (χ3v) is 4.70. The lowest BCUT2D eigenvalue weighted by molar-refractivity contribution is -0.137. The molecule has 0 spiro atoms. The van der Waals surface area contributed by atoms with Gasteiger partial charge < -0.3 is 0 Å². The molecule has 1 aromatic heterocycles. The third-order valence-electron chi connectivity index (χ3n) is 3.55. The van der Waals surface area contributed by atoms with Crippen LogP contribution in [0.5, 0.6) is 0 Å². The highest BCUT2D eigenvalue weighted by molar-refractivity contribution is 8.18. The van der Waals surface area contributed by atoms with E-state index in [9.17, 15) is 18.0 Å². The number of hydrogen-bond acceptors (Lipinski definition) is 4. The fourth-order valence-corrected chi connectivity index (χ4v) is 3.28. The Morgan fingerprint density at radius 1 is 1.28 bits per heavy atom. The molecule has 0 bridgehead atoms. The third kappa shape index (κ3) is 3.32. The average Bonchev–Trinajstić information content (AvgIpc) is 3.14. The fraction of sp³-hybridized carbons (Fsp3) is 0.188. The second-order valence-electron chi connectivity index (χ2n) is 5.21. The SMILES string of the molecule is CN=C1S/C(=C\c2cnn(-c3ccccc3C(F)(F)F)c2)C(=O)N1C. The van der Waals surface area contributed by atoms with E-state index < -0.39 is 11.7 Å². The molecule has 1 fully saturated rings. The number of hydrogen-bond donors (Lipinski definition) is 0. The number of benzene rings is 1. The standard InChI is InChI=1S/C16H13F3N4OS/c1-20-15-22(2)14(24)13(25-15)7-10-8-21-23(9-10)12-6-4-3-5-11(12)16(17,18)19/h3-9H,1-2H3/b13-7-,20-15?. The number of nitrogens with zero attached hydrogens (tertiary/aromatic N) is 4. The zero-order valence-electron chi connectivity index (χ0n) is 13.3. The molecular weight excluding hydrogens is 353 g/mol. The molecule has 1 saturated heterocycles. The zero-order chi connectivity index (χ0) is 18.2. The van der Waals surface area contributed by atoms with E-state index in [-0.39, 0.29) is 11.6 Å². The number of alkyl halides is 3. The van der Waals surface area contributed by atoms with Crippen LogP contribution in [0.3, 0.4) is 0 Å². The van der Waals surface area contributed by atoms with Crippen LogP contribution in [0.25, 0.3) is 11.8 Å². The van der Waals surface area contributed by atoms with Crippen molar-refractivity contribution >= 4 is 28.9 Å². The van der Waals surface area contributed by atoms with Crippen molar-refractivity contribution in [3.8, 4) is 5.69 Å². The van der Waals surface area contributed by atoms with E-state index in [0.717, 1.165) is 10.7 Å². The van der Waals surface area contributed by atoms with Crippen molar-refractivity contribution in [2.45, 2.75) is 6.18 Å². The van der Waals surface area contributed by atoms with Crippen LogP contribution in [0.15, 0.2) is 46.6 Å². The minimum atomic E-state index is -4.48. The number of carbonyl (C=O) groups is 1. The van der Waals surface area contributed by atoms with Crippen molar-refractivity contribution in [1.29, 1.82) is 0 Å². The van der Waals surface area contributed by atoms with Crippen molar-refractivity contribution in [3.63, 3.8) is 0 Å². The van der Waals surface area contributed by atoms with E-state index in [1.807, 2.05) is 0 Å². The second-order valence-corrected chi connectivity index (χ2v) is 6.22. The molecule has 0 unspecified atom stereocenters. The molecule has 25 heavy (non-hydrogen) atoms. The van der Waals surface area contributed by atoms with Crippen LogP contribution in [-0.4, -0.2) is 39.9 Å². The van der Waals surface area contributed by atoms with Gasteiger partial charge in [0.1, 0.15) is 0 Å². The van der Waals surface area contributed by atoms with Crippen LogP contribution in [-0.2, 0) is 11.0 Å². The van der Waals surface area contributed by atoms with Gasteiger partial charge in [-0.15, -0.1) is 0 Å². The second kappa shape index (κ2) is 6.40. The first-order valence-electron chi connectivity index (χ1n) is 7.17. The molecule has 1 aliphatic heterocycles. The van der Waals surface area contributed by atoms with Crippen molar-refractivity contribution in [3.05, 3.63) is 52.7 Å². The molecule has 2 heterocycles. The lowest BCUT2D eigenvalue weighted by Gasteiger charge is -2.12. The summed E-state index contributed by atoms with van der Waals surface area (Å²) in [7, 11) is 3.20. The molecule has 0 atom stereocenters. The molecule has 0 aliphatic carbocycles. The maximum absolute atomic E-state index is 13.1. The molecule has 3 rings (SSSR count). The number of aliphatic imine (C=N–C) groups is 1. The molecular formula is C16H13F3N4OS. The van der Waals surface area contributed by atoms with E-state index in [0.29, 0.717) is 15.6 Å². The van der Waals surface area contributed by atoms with Crippen LogP contribution in [0.1, 0.15) is 11.1 Å². The summed E-state index contributed by atoms with van der Waals surface area (Å²) in [6, 6.07) is 5.19. The van der Waals surface area contributed by atoms with E-state index in [4.69, 9.17) is 0 Å². The van der Waals surface area contributed by atoms with Gasteiger partial charge in [-0.2, -0.15) is 18.3 Å². The quantitative estimate of drug-likeness (QED) is 0.766. The predicted molar refractivity (Wildman–Crippen MR) is 90.3 cm³/mol. The Labute approximate surface area is 145 Å². The minimum Gasteiger partial charge on any atom is -0.290 e. The molecule has 9 heteroatoms. The van der Waals surface area contributed by atoms with E-state index in [1.165, 1.54) is 47.3 Å². The molecule has 2 aromatic rings. The van der Waals surface area contributed by atoms with Crippen molar-refractivity contribution < 1.29 is 18.0 Å². The van der Waals surface area contributed by atoms with Crippen molar-refractivity contribution in [1.82, 2.24) is 14.7 Å². The van der Waals surface area contributed by atoms with Gasteiger partial charge in [0.25, 0.3) is 5.91 Å². The van der Waals surface area contributed by atoms with Gasteiger partial charge in [-0.3, -0.25) is 14.7 Å². The van der Waals surface area contributed by atoms with Crippen LogP contribution >= 0.6 is 11.8 Å². The van der Waals surface area contributed by atoms with Crippen molar-refractivity contribution in [2.24, 2.45) is 4.99 Å². The molecule has 1 aromatic carbocycles.